The van der Waals surface area contributed by atoms with Crippen LogP contribution < -0.4 is 10.6 Å². The van der Waals surface area contributed by atoms with Gasteiger partial charge in [0, 0.05) is 18.6 Å². The number of hydrogen-bond donors (Lipinski definition) is 2. The summed E-state index contributed by atoms with van der Waals surface area (Å²) in [6.45, 7) is 2.25. The van der Waals surface area contributed by atoms with E-state index in [0.717, 1.165) is 12.5 Å². The van der Waals surface area contributed by atoms with Crippen LogP contribution >= 0.6 is 34.0 Å². The predicted octanol–water partition coefficient (Wildman–Crippen LogP) is 3.07. The van der Waals surface area contributed by atoms with Crippen molar-refractivity contribution in [2.24, 2.45) is 5.92 Å². The average Bonchev–Trinajstić information content (AvgIpc) is 2.39. The van der Waals surface area contributed by atoms with Gasteiger partial charge in [-0.25, -0.2) is 0 Å². The normalized spacial score (nSPS) is 29.2. The minimum Gasteiger partial charge on any atom is -0.312 e. The van der Waals surface area contributed by atoms with E-state index in [1.165, 1.54) is 31.4 Å². The number of halogens is 2. The van der Waals surface area contributed by atoms with E-state index < -0.39 is 0 Å². The van der Waals surface area contributed by atoms with Gasteiger partial charge >= 0.3 is 0 Å². The molecule has 102 valence electrons. The molecule has 0 unspecified atom stereocenters. The quantitative estimate of drug-likeness (QED) is 0.845. The van der Waals surface area contributed by atoms with Crippen molar-refractivity contribution in [3.8, 4) is 0 Å². The van der Waals surface area contributed by atoms with Gasteiger partial charge in [0.2, 0.25) is 0 Å². The van der Waals surface area contributed by atoms with Crippen molar-refractivity contribution in [1.29, 1.82) is 0 Å². The Bertz CT molecular complexity index is 337. The fourth-order valence-corrected chi connectivity index (χ4v) is 3.08. The van der Waals surface area contributed by atoms with Gasteiger partial charge in [-0.1, -0.05) is 30.3 Å². The molecule has 3 fully saturated rings. The van der Waals surface area contributed by atoms with E-state index in [1.807, 2.05) is 0 Å². The molecular formula is C14H22Br2N2. The Labute approximate surface area is 130 Å². The first-order chi connectivity index (χ1) is 7.92. The molecule has 4 rings (SSSR count). The molecule has 0 amide bonds. The van der Waals surface area contributed by atoms with Crippen molar-refractivity contribution in [2.45, 2.75) is 37.9 Å². The van der Waals surface area contributed by atoms with Gasteiger partial charge in [-0.15, -0.1) is 34.0 Å². The molecule has 2 N–H and O–H groups in total. The minimum atomic E-state index is 0. The molecule has 1 aliphatic carbocycles. The second kappa shape index (κ2) is 7.63. The Morgan fingerprint density at radius 2 is 1.89 bits per heavy atom. The van der Waals surface area contributed by atoms with Gasteiger partial charge < -0.3 is 10.6 Å². The lowest BCUT2D eigenvalue weighted by Crippen LogP contribution is -2.58. The molecule has 1 aromatic rings. The number of piperidine rings is 2. The van der Waals surface area contributed by atoms with Crippen LogP contribution in [0.3, 0.4) is 0 Å². The minimum absolute atomic E-state index is 0. The van der Waals surface area contributed by atoms with Gasteiger partial charge in [0.1, 0.15) is 0 Å². The zero-order chi connectivity index (χ0) is 10.8. The van der Waals surface area contributed by atoms with E-state index in [-0.39, 0.29) is 34.0 Å². The summed E-state index contributed by atoms with van der Waals surface area (Å²) in [7, 11) is 0. The first-order valence-electron chi connectivity index (χ1n) is 6.42. The molecule has 0 spiro atoms. The maximum Gasteiger partial charge on any atom is 0.0227 e. The molecule has 3 atom stereocenters. The highest BCUT2D eigenvalue weighted by molar-refractivity contribution is 8.93. The molecule has 2 nitrogen and oxygen atoms in total. The molecule has 2 aliphatic heterocycles. The standard InChI is InChI=1S/C14H20N2.2BrH/c1-2-4-11(5-3-1)9-16-14-8-12-6-7-13(14)15-10-12;;/h1-5,12-16H,6-10H2;2*1H/t12-,13+,14+;;/m1../s1. The lowest BCUT2D eigenvalue weighted by atomic mass is 9.78. The van der Waals surface area contributed by atoms with Crippen LogP contribution in [0.25, 0.3) is 0 Å². The van der Waals surface area contributed by atoms with Gasteiger partial charge in [-0.05, 0) is 37.3 Å². The highest BCUT2D eigenvalue weighted by Crippen LogP contribution is 2.29. The van der Waals surface area contributed by atoms with Crippen molar-refractivity contribution in [3.05, 3.63) is 35.9 Å². The summed E-state index contributed by atoms with van der Waals surface area (Å²) in [6.07, 6.45) is 4.16. The Balaban J connectivity index is 0.000000810. The third kappa shape index (κ3) is 3.80. The Hall–Kier alpha value is 0.100. The van der Waals surface area contributed by atoms with Crippen molar-refractivity contribution < 1.29 is 0 Å². The molecular weight excluding hydrogens is 356 g/mol. The van der Waals surface area contributed by atoms with E-state index in [1.54, 1.807) is 0 Å². The topological polar surface area (TPSA) is 24.1 Å². The maximum atomic E-state index is 3.71. The summed E-state index contributed by atoms with van der Waals surface area (Å²) in [5.41, 5.74) is 1.39. The third-order valence-electron chi connectivity index (χ3n) is 4.04. The molecule has 0 radical (unpaired) electrons. The van der Waals surface area contributed by atoms with Gasteiger partial charge in [0.15, 0.2) is 0 Å². The van der Waals surface area contributed by atoms with Crippen molar-refractivity contribution in [2.75, 3.05) is 6.54 Å². The van der Waals surface area contributed by atoms with Gasteiger partial charge in [-0.3, -0.25) is 0 Å². The summed E-state index contributed by atoms with van der Waals surface area (Å²) >= 11 is 0. The average molecular weight is 378 g/mol. The van der Waals surface area contributed by atoms with E-state index in [0.29, 0.717) is 12.1 Å². The van der Waals surface area contributed by atoms with Crippen LogP contribution in [-0.4, -0.2) is 18.6 Å². The molecule has 2 heterocycles. The van der Waals surface area contributed by atoms with E-state index in [9.17, 15) is 0 Å². The molecule has 18 heavy (non-hydrogen) atoms. The molecule has 4 heteroatoms. The van der Waals surface area contributed by atoms with Crippen molar-refractivity contribution in [1.82, 2.24) is 10.6 Å². The van der Waals surface area contributed by atoms with Gasteiger partial charge in [-0.2, -0.15) is 0 Å². The Morgan fingerprint density at radius 1 is 1.11 bits per heavy atom. The van der Waals surface area contributed by atoms with Crippen LogP contribution in [0.2, 0.25) is 0 Å². The number of fused-ring (bicyclic) bond motifs is 3. The molecule has 1 saturated carbocycles. The molecule has 1 aromatic carbocycles. The lowest BCUT2D eigenvalue weighted by Gasteiger charge is -2.43. The zero-order valence-corrected chi connectivity index (χ0v) is 13.9. The van der Waals surface area contributed by atoms with Crippen LogP contribution in [0.4, 0.5) is 0 Å². The van der Waals surface area contributed by atoms with Crippen molar-refractivity contribution >= 4 is 34.0 Å². The lowest BCUT2D eigenvalue weighted by molar-refractivity contribution is 0.159. The van der Waals surface area contributed by atoms with Crippen LogP contribution in [0.15, 0.2) is 30.3 Å². The molecule has 2 saturated heterocycles. The summed E-state index contributed by atoms with van der Waals surface area (Å²) in [5, 5.41) is 7.35. The smallest absolute Gasteiger partial charge is 0.0227 e. The largest absolute Gasteiger partial charge is 0.312 e. The summed E-state index contributed by atoms with van der Waals surface area (Å²) in [5.74, 6) is 0.915. The summed E-state index contributed by atoms with van der Waals surface area (Å²) < 4.78 is 0. The maximum absolute atomic E-state index is 3.71. The Morgan fingerprint density at radius 3 is 2.44 bits per heavy atom. The molecule has 2 bridgehead atoms. The van der Waals surface area contributed by atoms with Gasteiger partial charge in [0.25, 0.3) is 0 Å². The highest BCUT2D eigenvalue weighted by Gasteiger charge is 2.34. The van der Waals surface area contributed by atoms with E-state index in [2.05, 4.69) is 41.0 Å². The fourth-order valence-electron chi connectivity index (χ4n) is 3.08. The highest BCUT2D eigenvalue weighted by atomic mass is 79.9. The first-order valence-corrected chi connectivity index (χ1v) is 6.42. The second-order valence-corrected chi connectivity index (χ2v) is 5.17. The number of nitrogens with one attached hydrogen (secondary N) is 2. The number of benzene rings is 1. The monoisotopic (exact) mass is 376 g/mol. The van der Waals surface area contributed by atoms with E-state index in [4.69, 9.17) is 0 Å². The Kier molecular flexibility index (Phi) is 6.85. The number of rotatable bonds is 3. The molecule has 0 aromatic heterocycles. The predicted molar refractivity (Wildman–Crippen MR) is 86.8 cm³/mol. The number of hydrogen-bond acceptors (Lipinski definition) is 2. The molecule has 3 aliphatic rings. The van der Waals surface area contributed by atoms with Gasteiger partial charge in [0.05, 0.1) is 0 Å². The van der Waals surface area contributed by atoms with Crippen molar-refractivity contribution in [3.63, 3.8) is 0 Å². The SMILES string of the molecule is Br.Br.c1ccc(CN[C@H]2C[C@H]3CC[C@@H]2NC3)cc1. The van der Waals surface area contributed by atoms with Crippen LogP contribution in [-0.2, 0) is 6.54 Å². The third-order valence-corrected chi connectivity index (χ3v) is 4.04. The first kappa shape index (κ1) is 16.2. The van der Waals surface area contributed by atoms with Crippen LogP contribution in [0, 0.1) is 5.92 Å². The fraction of sp³-hybridized carbons (Fsp3) is 0.571. The van der Waals surface area contributed by atoms with E-state index >= 15 is 0 Å². The zero-order valence-electron chi connectivity index (χ0n) is 10.5. The summed E-state index contributed by atoms with van der Waals surface area (Å²) in [6, 6.07) is 12.1. The second-order valence-electron chi connectivity index (χ2n) is 5.17. The van der Waals surface area contributed by atoms with Crippen LogP contribution in [0.5, 0.6) is 0 Å². The summed E-state index contributed by atoms with van der Waals surface area (Å²) in [4.78, 5) is 0. The van der Waals surface area contributed by atoms with Crippen LogP contribution in [0.1, 0.15) is 24.8 Å².